The first-order valence-electron chi connectivity index (χ1n) is 8.27. The van der Waals surface area contributed by atoms with Crippen molar-refractivity contribution in [1.29, 1.82) is 0 Å². The molecule has 0 fully saturated rings. The van der Waals surface area contributed by atoms with Gasteiger partial charge in [0, 0.05) is 23.1 Å². The van der Waals surface area contributed by atoms with Gasteiger partial charge in [-0.3, -0.25) is 9.59 Å². The molecule has 136 valence electrons. The van der Waals surface area contributed by atoms with Crippen LogP contribution in [0.5, 0.6) is 11.5 Å². The molecule has 0 saturated carbocycles. The van der Waals surface area contributed by atoms with Crippen molar-refractivity contribution >= 4 is 33.4 Å². The van der Waals surface area contributed by atoms with Crippen LogP contribution >= 0.6 is 15.9 Å². The Bertz CT molecular complexity index is 838. The molecule has 7 heteroatoms. The average Bonchev–Trinajstić information content (AvgIpc) is 2.64. The molecule has 3 rings (SSSR count). The number of aryl methyl sites for hydroxylation is 1. The molecule has 0 saturated heterocycles. The summed E-state index contributed by atoms with van der Waals surface area (Å²) in [6.45, 7) is 3.02. The van der Waals surface area contributed by atoms with Gasteiger partial charge in [-0.25, -0.2) is 0 Å². The summed E-state index contributed by atoms with van der Waals surface area (Å²) in [7, 11) is 0. The quantitative estimate of drug-likeness (QED) is 0.780. The van der Waals surface area contributed by atoms with E-state index in [4.69, 9.17) is 9.47 Å². The standard InChI is InChI=1S/C19H19BrN2O4/c1-12-5-6-13(20)11-15(12)22-17(23)7-8-21-19(24)14-3-2-4-16-18(14)26-10-9-25-16/h2-6,11H,7-10H2,1H3,(H,21,24)(H,22,23). The molecule has 1 heterocycles. The smallest absolute Gasteiger partial charge is 0.255 e. The Balaban J connectivity index is 1.54. The largest absolute Gasteiger partial charge is 0.486 e. The van der Waals surface area contributed by atoms with Crippen LogP contribution in [0.1, 0.15) is 22.3 Å². The van der Waals surface area contributed by atoms with Crippen LogP contribution < -0.4 is 20.1 Å². The van der Waals surface area contributed by atoms with Crippen LogP contribution in [0.15, 0.2) is 40.9 Å². The molecule has 2 amide bonds. The molecule has 2 N–H and O–H groups in total. The van der Waals surface area contributed by atoms with Crippen molar-refractivity contribution in [3.8, 4) is 11.5 Å². The third-order valence-corrected chi connectivity index (χ3v) is 4.42. The minimum Gasteiger partial charge on any atom is -0.486 e. The van der Waals surface area contributed by atoms with E-state index < -0.39 is 0 Å². The number of para-hydroxylation sites is 1. The maximum Gasteiger partial charge on any atom is 0.255 e. The fraction of sp³-hybridized carbons (Fsp3) is 0.263. The van der Waals surface area contributed by atoms with E-state index in [-0.39, 0.29) is 24.8 Å². The molecule has 2 aromatic rings. The predicted molar refractivity (Wildman–Crippen MR) is 102 cm³/mol. The number of rotatable bonds is 5. The Morgan fingerprint density at radius 3 is 2.81 bits per heavy atom. The number of anilines is 1. The molecular weight excluding hydrogens is 400 g/mol. The van der Waals surface area contributed by atoms with E-state index in [1.54, 1.807) is 18.2 Å². The molecule has 1 aliphatic heterocycles. The van der Waals surface area contributed by atoms with E-state index in [0.29, 0.717) is 30.3 Å². The molecule has 0 radical (unpaired) electrons. The van der Waals surface area contributed by atoms with E-state index in [0.717, 1.165) is 15.7 Å². The zero-order valence-corrected chi connectivity index (χ0v) is 15.9. The zero-order valence-electron chi connectivity index (χ0n) is 14.3. The summed E-state index contributed by atoms with van der Waals surface area (Å²) in [4.78, 5) is 24.5. The summed E-state index contributed by atoms with van der Waals surface area (Å²) in [5.41, 5.74) is 2.13. The van der Waals surface area contributed by atoms with Crippen LogP contribution in [0, 0.1) is 6.92 Å². The maximum atomic E-state index is 12.4. The Hall–Kier alpha value is -2.54. The molecule has 0 bridgehead atoms. The summed E-state index contributed by atoms with van der Waals surface area (Å²) in [6, 6.07) is 10.9. The number of hydrogen-bond acceptors (Lipinski definition) is 4. The lowest BCUT2D eigenvalue weighted by molar-refractivity contribution is -0.116. The lowest BCUT2D eigenvalue weighted by Crippen LogP contribution is -2.29. The minimum atomic E-state index is -0.293. The van der Waals surface area contributed by atoms with Crippen LogP contribution in [-0.4, -0.2) is 31.6 Å². The van der Waals surface area contributed by atoms with Crippen molar-refractivity contribution in [3.05, 3.63) is 52.0 Å². The van der Waals surface area contributed by atoms with Gasteiger partial charge in [-0.1, -0.05) is 28.1 Å². The van der Waals surface area contributed by atoms with Crippen molar-refractivity contribution in [2.45, 2.75) is 13.3 Å². The monoisotopic (exact) mass is 418 g/mol. The second kappa shape index (κ2) is 8.23. The molecule has 0 spiro atoms. The first-order chi connectivity index (χ1) is 12.5. The van der Waals surface area contributed by atoms with Gasteiger partial charge in [0.05, 0.1) is 5.56 Å². The van der Waals surface area contributed by atoms with Gasteiger partial charge in [-0.2, -0.15) is 0 Å². The Labute approximate surface area is 160 Å². The lowest BCUT2D eigenvalue weighted by Gasteiger charge is -2.20. The molecule has 1 aliphatic rings. The molecule has 0 unspecified atom stereocenters. The SMILES string of the molecule is Cc1ccc(Br)cc1NC(=O)CCNC(=O)c1cccc2c1OCCO2. The Morgan fingerprint density at radius 2 is 1.96 bits per heavy atom. The van der Waals surface area contributed by atoms with Gasteiger partial charge in [-0.05, 0) is 36.8 Å². The van der Waals surface area contributed by atoms with Crippen LogP contribution in [0.2, 0.25) is 0 Å². The summed E-state index contributed by atoms with van der Waals surface area (Å²) in [5.74, 6) is 0.553. The highest BCUT2D eigenvalue weighted by Gasteiger charge is 2.20. The summed E-state index contributed by atoms with van der Waals surface area (Å²) >= 11 is 3.38. The van der Waals surface area contributed by atoms with E-state index in [2.05, 4.69) is 26.6 Å². The number of fused-ring (bicyclic) bond motifs is 1. The van der Waals surface area contributed by atoms with Crippen LogP contribution in [0.3, 0.4) is 0 Å². The van der Waals surface area contributed by atoms with Crippen molar-refractivity contribution in [3.63, 3.8) is 0 Å². The van der Waals surface area contributed by atoms with Crippen molar-refractivity contribution < 1.29 is 19.1 Å². The van der Waals surface area contributed by atoms with Gasteiger partial charge in [0.2, 0.25) is 5.91 Å². The second-order valence-electron chi connectivity index (χ2n) is 5.84. The highest BCUT2D eigenvalue weighted by atomic mass is 79.9. The summed E-state index contributed by atoms with van der Waals surface area (Å²) in [6.07, 6.45) is 0.171. The number of amides is 2. The molecule has 2 aromatic carbocycles. The molecular formula is C19H19BrN2O4. The number of ether oxygens (including phenoxy) is 2. The number of nitrogens with one attached hydrogen (secondary N) is 2. The average molecular weight is 419 g/mol. The predicted octanol–water partition coefficient (Wildman–Crippen LogP) is 3.29. The number of benzene rings is 2. The highest BCUT2D eigenvalue weighted by molar-refractivity contribution is 9.10. The highest BCUT2D eigenvalue weighted by Crippen LogP contribution is 2.33. The molecule has 26 heavy (non-hydrogen) atoms. The van der Waals surface area contributed by atoms with Crippen LogP contribution in [0.25, 0.3) is 0 Å². The number of carbonyl (C=O) groups excluding carboxylic acids is 2. The van der Waals surface area contributed by atoms with Crippen LogP contribution in [0.4, 0.5) is 5.69 Å². The zero-order chi connectivity index (χ0) is 18.5. The minimum absolute atomic E-state index is 0.166. The third kappa shape index (κ3) is 4.35. The molecule has 0 aliphatic carbocycles. The van der Waals surface area contributed by atoms with Gasteiger partial charge < -0.3 is 20.1 Å². The fourth-order valence-electron chi connectivity index (χ4n) is 2.58. The Morgan fingerprint density at radius 1 is 1.15 bits per heavy atom. The van der Waals surface area contributed by atoms with Gasteiger partial charge in [0.1, 0.15) is 13.2 Å². The number of carbonyl (C=O) groups is 2. The summed E-state index contributed by atoms with van der Waals surface area (Å²) < 4.78 is 11.9. The number of halogens is 1. The first-order valence-corrected chi connectivity index (χ1v) is 9.06. The van der Waals surface area contributed by atoms with Gasteiger partial charge in [-0.15, -0.1) is 0 Å². The van der Waals surface area contributed by atoms with Gasteiger partial charge in [0.25, 0.3) is 5.91 Å². The van der Waals surface area contributed by atoms with E-state index in [1.165, 1.54) is 0 Å². The van der Waals surface area contributed by atoms with Crippen molar-refractivity contribution in [1.82, 2.24) is 5.32 Å². The van der Waals surface area contributed by atoms with E-state index in [9.17, 15) is 9.59 Å². The van der Waals surface area contributed by atoms with Crippen molar-refractivity contribution in [2.24, 2.45) is 0 Å². The summed E-state index contributed by atoms with van der Waals surface area (Å²) in [5, 5.41) is 5.60. The lowest BCUT2D eigenvalue weighted by atomic mass is 10.1. The van der Waals surface area contributed by atoms with Crippen molar-refractivity contribution in [2.75, 3.05) is 25.1 Å². The third-order valence-electron chi connectivity index (χ3n) is 3.92. The number of hydrogen-bond donors (Lipinski definition) is 2. The van der Waals surface area contributed by atoms with E-state index >= 15 is 0 Å². The van der Waals surface area contributed by atoms with Gasteiger partial charge >= 0.3 is 0 Å². The maximum absolute atomic E-state index is 12.4. The Kier molecular flexibility index (Phi) is 5.78. The normalized spacial score (nSPS) is 12.4. The topological polar surface area (TPSA) is 76.7 Å². The van der Waals surface area contributed by atoms with Crippen LogP contribution in [-0.2, 0) is 4.79 Å². The molecule has 0 atom stereocenters. The second-order valence-corrected chi connectivity index (χ2v) is 6.76. The molecule has 0 aromatic heterocycles. The van der Waals surface area contributed by atoms with E-state index in [1.807, 2.05) is 25.1 Å². The van der Waals surface area contributed by atoms with Gasteiger partial charge in [0.15, 0.2) is 11.5 Å². The fourth-order valence-corrected chi connectivity index (χ4v) is 2.94. The molecule has 6 nitrogen and oxygen atoms in total. The first kappa shape index (κ1) is 18.3.